The highest BCUT2D eigenvalue weighted by molar-refractivity contribution is 5.19. The summed E-state index contributed by atoms with van der Waals surface area (Å²) >= 11 is 0. The van der Waals surface area contributed by atoms with Crippen LogP contribution in [0, 0.1) is 29.1 Å². The van der Waals surface area contributed by atoms with Gasteiger partial charge in [-0.3, -0.25) is 0 Å². The lowest BCUT2D eigenvalue weighted by Gasteiger charge is -2.41. The molecule has 0 spiro atoms. The van der Waals surface area contributed by atoms with Crippen molar-refractivity contribution >= 4 is 0 Å². The maximum Gasteiger partial charge on any atom is 0.198 e. The summed E-state index contributed by atoms with van der Waals surface area (Å²) in [4.78, 5) is 0. The summed E-state index contributed by atoms with van der Waals surface area (Å²) < 4.78 is 18.9. The molecular formula is C20H32FNO. The summed E-state index contributed by atoms with van der Waals surface area (Å²) in [5.41, 5.74) is -0.547. The predicted octanol–water partition coefficient (Wildman–Crippen LogP) is 5.94. The monoisotopic (exact) mass is 321 g/mol. The topological polar surface area (TPSA) is 33.0 Å². The Morgan fingerprint density at radius 2 is 1.78 bits per heavy atom. The number of ether oxygens (including phenoxy) is 1. The molecule has 0 aromatic heterocycles. The van der Waals surface area contributed by atoms with Crippen LogP contribution in [0.2, 0.25) is 0 Å². The molecule has 0 atom stereocenters. The van der Waals surface area contributed by atoms with Crippen LogP contribution < -0.4 is 0 Å². The SMILES string of the molecule is CCCC[C@H]1CC[C@H]([C@H]2CC[C@@](C=C(F)C#N)(OC)CC2)CC1. The molecule has 0 aliphatic heterocycles. The van der Waals surface area contributed by atoms with E-state index in [4.69, 9.17) is 10.00 Å². The Labute approximate surface area is 141 Å². The number of halogens is 1. The van der Waals surface area contributed by atoms with Gasteiger partial charge in [0.1, 0.15) is 6.07 Å². The first-order chi connectivity index (χ1) is 11.1. The third kappa shape index (κ3) is 5.05. The lowest BCUT2D eigenvalue weighted by Crippen LogP contribution is -2.37. The molecule has 2 fully saturated rings. The van der Waals surface area contributed by atoms with Crippen molar-refractivity contribution < 1.29 is 9.13 Å². The number of allylic oxidation sites excluding steroid dienone is 1. The van der Waals surface area contributed by atoms with Crippen LogP contribution in [0.3, 0.4) is 0 Å². The number of hydrogen-bond acceptors (Lipinski definition) is 2. The van der Waals surface area contributed by atoms with Gasteiger partial charge in [0.05, 0.1) is 5.60 Å². The number of hydrogen-bond donors (Lipinski definition) is 0. The van der Waals surface area contributed by atoms with Gasteiger partial charge in [-0.15, -0.1) is 0 Å². The van der Waals surface area contributed by atoms with E-state index < -0.39 is 11.4 Å². The average molecular weight is 321 g/mol. The highest BCUT2D eigenvalue weighted by Gasteiger charge is 2.37. The maximum absolute atomic E-state index is 13.4. The van der Waals surface area contributed by atoms with Gasteiger partial charge in [-0.25, -0.2) is 0 Å². The Balaban J connectivity index is 1.82. The van der Waals surface area contributed by atoms with Crippen LogP contribution in [0.15, 0.2) is 11.9 Å². The van der Waals surface area contributed by atoms with Crippen molar-refractivity contribution in [3.05, 3.63) is 11.9 Å². The smallest absolute Gasteiger partial charge is 0.198 e. The number of rotatable bonds is 6. The average Bonchev–Trinajstić information content (AvgIpc) is 2.61. The first-order valence-corrected chi connectivity index (χ1v) is 9.46. The van der Waals surface area contributed by atoms with E-state index in [0.29, 0.717) is 0 Å². The van der Waals surface area contributed by atoms with Gasteiger partial charge < -0.3 is 4.74 Å². The summed E-state index contributed by atoms with van der Waals surface area (Å²) in [5, 5.41) is 8.67. The van der Waals surface area contributed by atoms with Crippen molar-refractivity contribution in [2.75, 3.05) is 7.11 Å². The van der Waals surface area contributed by atoms with Crippen molar-refractivity contribution in [2.45, 2.75) is 83.2 Å². The van der Waals surface area contributed by atoms with Crippen LogP contribution in [0.1, 0.15) is 77.6 Å². The minimum Gasteiger partial charge on any atom is -0.374 e. The van der Waals surface area contributed by atoms with E-state index in [0.717, 1.165) is 43.4 Å². The van der Waals surface area contributed by atoms with Gasteiger partial charge in [-0.2, -0.15) is 9.65 Å². The van der Waals surface area contributed by atoms with Crippen LogP contribution in [-0.2, 0) is 4.74 Å². The molecule has 2 saturated carbocycles. The molecule has 0 N–H and O–H groups in total. The minimum atomic E-state index is -0.707. The zero-order valence-corrected chi connectivity index (χ0v) is 14.8. The number of methoxy groups -OCH3 is 1. The second-order valence-corrected chi connectivity index (χ2v) is 7.63. The van der Waals surface area contributed by atoms with Gasteiger partial charge in [0.15, 0.2) is 5.83 Å². The first kappa shape index (κ1) is 18.5. The molecule has 0 heterocycles. The molecule has 0 saturated heterocycles. The highest BCUT2D eigenvalue weighted by atomic mass is 19.1. The highest BCUT2D eigenvalue weighted by Crippen LogP contribution is 2.44. The molecule has 0 bridgehead atoms. The molecule has 3 heteroatoms. The molecule has 2 rings (SSSR count). The summed E-state index contributed by atoms with van der Waals surface area (Å²) in [6, 6.07) is 1.58. The van der Waals surface area contributed by atoms with Crippen molar-refractivity contribution in [2.24, 2.45) is 17.8 Å². The molecular weight excluding hydrogens is 289 g/mol. The number of nitrogens with zero attached hydrogens (tertiary/aromatic N) is 1. The van der Waals surface area contributed by atoms with Crippen molar-refractivity contribution in [1.29, 1.82) is 5.26 Å². The lowest BCUT2D eigenvalue weighted by atomic mass is 9.67. The first-order valence-electron chi connectivity index (χ1n) is 9.46. The predicted molar refractivity (Wildman–Crippen MR) is 91.5 cm³/mol. The normalized spacial score (nSPS) is 35.7. The Morgan fingerprint density at radius 3 is 2.30 bits per heavy atom. The Kier molecular flexibility index (Phi) is 7.09. The van der Waals surface area contributed by atoms with Crippen molar-refractivity contribution in [3.8, 4) is 6.07 Å². The van der Waals surface area contributed by atoms with E-state index in [9.17, 15) is 4.39 Å². The van der Waals surface area contributed by atoms with Crippen LogP contribution in [0.25, 0.3) is 0 Å². The molecule has 23 heavy (non-hydrogen) atoms. The van der Waals surface area contributed by atoms with E-state index in [1.165, 1.54) is 51.0 Å². The lowest BCUT2D eigenvalue weighted by molar-refractivity contribution is -0.0211. The Morgan fingerprint density at radius 1 is 1.17 bits per heavy atom. The van der Waals surface area contributed by atoms with Crippen LogP contribution >= 0.6 is 0 Å². The van der Waals surface area contributed by atoms with E-state index >= 15 is 0 Å². The van der Waals surface area contributed by atoms with Gasteiger partial charge in [-0.05, 0) is 62.4 Å². The molecule has 0 aromatic carbocycles. The number of unbranched alkanes of at least 4 members (excludes halogenated alkanes) is 1. The standard InChI is InChI=1S/C20H32FNO/c1-3-4-5-16-6-8-17(9-7-16)18-10-12-20(23-2,13-11-18)14-19(21)15-22/h14,16-18H,3-13H2,1-2H3/t16-,17-,18-,20+. The summed E-state index contributed by atoms with van der Waals surface area (Å²) in [7, 11) is 1.64. The number of nitriles is 1. The molecule has 0 unspecified atom stereocenters. The molecule has 0 amide bonds. The van der Waals surface area contributed by atoms with E-state index in [2.05, 4.69) is 6.92 Å². The Hall–Kier alpha value is -0.880. The largest absolute Gasteiger partial charge is 0.374 e. The molecule has 2 aliphatic rings. The van der Waals surface area contributed by atoms with Crippen LogP contribution in [-0.4, -0.2) is 12.7 Å². The maximum atomic E-state index is 13.4. The quantitative estimate of drug-likeness (QED) is 0.567. The van der Waals surface area contributed by atoms with Crippen molar-refractivity contribution in [1.82, 2.24) is 0 Å². The molecule has 2 aliphatic carbocycles. The Bertz CT molecular complexity index is 423. The fraction of sp³-hybridized carbons (Fsp3) is 0.850. The zero-order valence-electron chi connectivity index (χ0n) is 14.8. The van der Waals surface area contributed by atoms with Gasteiger partial charge in [0.2, 0.25) is 0 Å². The second kappa shape index (κ2) is 8.83. The van der Waals surface area contributed by atoms with Crippen LogP contribution in [0.4, 0.5) is 4.39 Å². The zero-order chi connectivity index (χ0) is 16.7. The van der Waals surface area contributed by atoms with E-state index in [1.54, 1.807) is 13.2 Å². The van der Waals surface area contributed by atoms with Gasteiger partial charge in [0, 0.05) is 7.11 Å². The van der Waals surface area contributed by atoms with Crippen molar-refractivity contribution in [3.63, 3.8) is 0 Å². The fourth-order valence-electron chi connectivity index (χ4n) is 4.71. The molecule has 0 radical (unpaired) electrons. The van der Waals surface area contributed by atoms with E-state index in [1.807, 2.05) is 0 Å². The summed E-state index contributed by atoms with van der Waals surface area (Å²) in [6.45, 7) is 2.28. The third-order valence-electron chi connectivity index (χ3n) is 6.30. The van der Waals surface area contributed by atoms with Crippen LogP contribution in [0.5, 0.6) is 0 Å². The van der Waals surface area contributed by atoms with Gasteiger partial charge in [0.25, 0.3) is 0 Å². The molecule has 0 aromatic rings. The molecule has 2 nitrogen and oxygen atoms in total. The molecule has 130 valence electrons. The summed E-state index contributed by atoms with van der Waals surface area (Å²) in [6.07, 6.45) is 15.0. The minimum absolute atomic E-state index is 0.547. The van der Waals surface area contributed by atoms with Gasteiger partial charge in [-0.1, -0.05) is 39.0 Å². The summed E-state index contributed by atoms with van der Waals surface area (Å²) in [5.74, 6) is 1.87. The van der Waals surface area contributed by atoms with E-state index in [-0.39, 0.29) is 0 Å². The second-order valence-electron chi connectivity index (χ2n) is 7.63. The van der Waals surface area contributed by atoms with Gasteiger partial charge >= 0.3 is 0 Å². The fourth-order valence-corrected chi connectivity index (χ4v) is 4.71. The third-order valence-corrected chi connectivity index (χ3v) is 6.30.